The molecule has 2 atom stereocenters. The first-order chi connectivity index (χ1) is 29.8. The maximum atomic E-state index is 12.8. The van der Waals surface area contributed by atoms with Crippen LogP contribution in [0.4, 0.5) is 16.2 Å². The van der Waals surface area contributed by atoms with Crippen molar-refractivity contribution < 1.29 is 53.2 Å². The lowest BCUT2D eigenvalue weighted by Crippen LogP contribution is -2.52. The second kappa shape index (κ2) is 24.4. The number of rotatable bonds is 13. The molecule has 0 radical (unpaired) electrons. The molecular formula is C46H58N6O11. The number of nitrogens with zero attached hydrogens (tertiary/aromatic N) is 3. The summed E-state index contributed by atoms with van der Waals surface area (Å²) in [5.74, 6) is -3.85. The molecule has 0 saturated carbocycles. The van der Waals surface area contributed by atoms with Crippen LogP contribution < -0.4 is 20.9 Å². The van der Waals surface area contributed by atoms with E-state index in [1.807, 2.05) is 64.2 Å². The smallest absolute Gasteiger partial charge is 0.414 e. The number of methoxy groups -OCH3 is 1. The predicted molar refractivity (Wildman–Crippen MR) is 240 cm³/mol. The normalized spacial score (nSPS) is 11.3. The number of hydrogen-bond donors (Lipinski definition) is 5. The van der Waals surface area contributed by atoms with Crippen molar-refractivity contribution in [2.24, 2.45) is 0 Å². The number of nitrogens with one attached hydrogen (secondary N) is 3. The standard InChI is InChI=1S/C25H31N3O6.C20H23N3O4.CH4O/c1-25(2,3)34-24(32)27(5)19-14-12-17(13-15-19)16-8-10-18(11-9-16)22(30)28(6)20(21(29)26-4)23(31)33-7;1-21-16-10-8-14(9-11-16)13-4-6-15(7-5-13)20(27)23(3)18(17(25)12-24)19(26)22-2;1-2/h8-15,20H,1-7H3,(H,26,29);4-11,18,21,24H,12H2,1-3H3,(H,22,26);2H,1H3. The lowest BCUT2D eigenvalue weighted by Gasteiger charge is -2.25. The van der Waals surface area contributed by atoms with Crippen LogP contribution in [0.15, 0.2) is 97.1 Å². The van der Waals surface area contributed by atoms with E-state index >= 15 is 0 Å². The second-order valence-corrected chi connectivity index (χ2v) is 14.6. The second-order valence-electron chi connectivity index (χ2n) is 14.6. The number of carbonyl (C=O) groups is 7. The van der Waals surface area contributed by atoms with Crippen LogP contribution in [0.3, 0.4) is 0 Å². The van der Waals surface area contributed by atoms with Crippen molar-refractivity contribution in [3.05, 3.63) is 108 Å². The Kier molecular flexibility index (Phi) is 20.1. The first-order valence-corrected chi connectivity index (χ1v) is 19.5. The number of esters is 1. The average Bonchev–Trinajstić information content (AvgIpc) is 3.30. The highest BCUT2D eigenvalue weighted by atomic mass is 16.6. The van der Waals surface area contributed by atoms with E-state index in [4.69, 9.17) is 14.9 Å². The summed E-state index contributed by atoms with van der Waals surface area (Å²) in [6.45, 7) is 4.60. The summed E-state index contributed by atoms with van der Waals surface area (Å²) < 4.78 is 10.0. The topological polar surface area (TPSA) is 224 Å². The Bertz CT molecular complexity index is 2140. The molecule has 0 fully saturated rings. The lowest BCUT2D eigenvalue weighted by molar-refractivity contribution is -0.150. The number of likely N-dealkylation sites (N-methyl/N-ethyl adjacent to an activating group) is 4. The molecule has 0 heterocycles. The van der Waals surface area contributed by atoms with Crippen LogP contribution in [0.5, 0.6) is 0 Å². The summed E-state index contributed by atoms with van der Waals surface area (Å²) >= 11 is 0. The van der Waals surface area contributed by atoms with Crippen LogP contribution in [0.1, 0.15) is 41.5 Å². The Morgan fingerprint density at radius 1 is 0.603 bits per heavy atom. The third-order valence-electron chi connectivity index (χ3n) is 9.32. The van der Waals surface area contributed by atoms with Gasteiger partial charge in [0.25, 0.3) is 17.7 Å². The van der Waals surface area contributed by atoms with Crippen LogP contribution >= 0.6 is 0 Å². The quantitative estimate of drug-likeness (QED) is 0.0956. The maximum Gasteiger partial charge on any atom is 0.414 e. The number of carbonyl (C=O) groups excluding carboxylic acids is 7. The molecule has 0 aliphatic carbocycles. The summed E-state index contributed by atoms with van der Waals surface area (Å²) in [4.78, 5) is 89.2. The molecule has 17 nitrogen and oxygen atoms in total. The van der Waals surface area contributed by atoms with Gasteiger partial charge in [0.1, 0.15) is 12.2 Å². The Morgan fingerprint density at radius 2 is 0.968 bits per heavy atom. The third kappa shape index (κ3) is 14.2. The van der Waals surface area contributed by atoms with Crippen molar-refractivity contribution in [3.8, 4) is 22.3 Å². The monoisotopic (exact) mass is 870 g/mol. The number of amides is 5. The Labute approximate surface area is 368 Å². The molecule has 0 bridgehead atoms. The fourth-order valence-corrected chi connectivity index (χ4v) is 5.85. The van der Waals surface area contributed by atoms with Crippen molar-refractivity contribution in [1.29, 1.82) is 0 Å². The first kappa shape index (κ1) is 52.0. The highest BCUT2D eigenvalue weighted by molar-refractivity contribution is 6.10. The van der Waals surface area contributed by atoms with Gasteiger partial charge in [-0.25, -0.2) is 9.59 Å². The van der Waals surface area contributed by atoms with Gasteiger partial charge in [-0.2, -0.15) is 0 Å². The van der Waals surface area contributed by atoms with Crippen molar-refractivity contribution >= 4 is 52.8 Å². The van der Waals surface area contributed by atoms with E-state index in [-0.39, 0.29) is 0 Å². The summed E-state index contributed by atoms with van der Waals surface area (Å²) in [5, 5.41) is 23.8. The first-order valence-electron chi connectivity index (χ1n) is 19.5. The van der Waals surface area contributed by atoms with Gasteiger partial charge in [0.05, 0.1) is 7.11 Å². The molecule has 0 aliphatic heterocycles. The molecule has 2 unspecified atom stereocenters. The van der Waals surface area contributed by atoms with Gasteiger partial charge in [-0.15, -0.1) is 0 Å². The SMILES string of the molecule is CNC(=O)C(C(=O)CO)N(C)C(=O)c1ccc(-c2ccc(NC)cc2)cc1.CNC(=O)C(C(=O)OC)N(C)C(=O)c1ccc(-c2ccc(N(C)C(=O)OC(C)(C)C)cc2)cc1.CO. The van der Waals surface area contributed by atoms with E-state index in [1.165, 1.54) is 33.1 Å². The molecule has 0 spiro atoms. The van der Waals surface area contributed by atoms with E-state index < -0.39 is 65.8 Å². The van der Waals surface area contributed by atoms with Crippen molar-refractivity contribution in [3.63, 3.8) is 0 Å². The van der Waals surface area contributed by atoms with Crippen LogP contribution in [0, 0.1) is 0 Å². The van der Waals surface area contributed by atoms with Gasteiger partial charge >= 0.3 is 12.1 Å². The minimum atomic E-state index is -1.39. The van der Waals surface area contributed by atoms with Gasteiger partial charge in [-0.05, 0) is 91.6 Å². The lowest BCUT2D eigenvalue weighted by atomic mass is 10.0. The van der Waals surface area contributed by atoms with E-state index in [2.05, 4.69) is 20.7 Å². The zero-order valence-corrected chi connectivity index (χ0v) is 37.5. The number of benzene rings is 4. The number of aliphatic hydroxyl groups is 2. The fourth-order valence-electron chi connectivity index (χ4n) is 5.85. The number of ether oxygens (including phenoxy) is 2. The molecule has 5 amide bonds. The van der Waals surface area contributed by atoms with Crippen molar-refractivity contribution in [1.82, 2.24) is 20.4 Å². The average molecular weight is 871 g/mol. The van der Waals surface area contributed by atoms with Crippen LogP contribution in [0.2, 0.25) is 0 Å². The van der Waals surface area contributed by atoms with Gasteiger partial charge in [-0.3, -0.25) is 28.9 Å². The van der Waals surface area contributed by atoms with Gasteiger partial charge in [0.2, 0.25) is 11.9 Å². The van der Waals surface area contributed by atoms with Gasteiger partial charge in [0, 0.05) is 71.9 Å². The summed E-state index contributed by atoms with van der Waals surface area (Å²) in [6.07, 6.45) is -0.450. The number of Topliss-reactive ketones (excluding diaryl/α,β-unsaturated/α-hetero) is 1. The van der Waals surface area contributed by atoms with E-state index in [1.54, 1.807) is 67.7 Å². The van der Waals surface area contributed by atoms with Gasteiger partial charge < -0.3 is 45.4 Å². The molecule has 0 saturated heterocycles. The molecule has 5 N–H and O–H groups in total. The van der Waals surface area contributed by atoms with E-state index in [0.29, 0.717) is 16.8 Å². The van der Waals surface area contributed by atoms with Crippen LogP contribution in [0.25, 0.3) is 22.3 Å². The largest absolute Gasteiger partial charge is 0.467 e. The van der Waals surface area contributed by atoms with Crippen molar-refractivity contribution in [2.45, 2.75) is 38.5 Å². The molecule has 4 aromatic carbocycles. The number of hydrogen-bond acceptors (Lipinski definition) is 12. The molecule has 338 valence electrons. The predicted octanol–water partition coefficient (Wildman–Crippen LogP) is 3.84. The van der Waals surface area contributed by atoms with E-state index in [9.17, 15) is 33.6 Å². The highest BCUT2D eigenvalue weighted by Crippen LogP contribution is 2.26. The van der Waals surface area contributed by atoms with E-state index in [0.717, 1.165) is 52.0 Å². The number of ketones is 1. The number of aliphatic hydroxyl groups excluding tert-OH is 2. The fraction of sp³-hybridized carbons (Fsp3) is 0.326. The highest BCUT2D eigenvalue weighted by Gasteiger charge is 2.35. The number of anilines is 2. The summed E-state index contributed by atoms with van der Waals surface area (Å²) in [5.41, 5.74) is 5.41. The Hall–Kier alpha value is -7.11. The third-order valence-corrected chi connectivity index (χ3v) is 9.32. The summed E-state index contributed by atoms with van der Waals surface area (Å²) in [6, 6.07) is 26.1. The molecule has 63 heavy (non-hydrogen) atoms. The minimum absolute atomic E-state index is 0.310. The molecule has 0 aliphatic rings. The van der Waals surface area contributed by atoms with Gasteiger partial charge in [0.15, 0.2) is 11.8 Å². The molecule has 17 heteroatoms. The van der Waals surface area contributed by atoms with Crippen molar-refractivity contribution in [2.75, 3.05) is 73.3 Å². The molecule has 4 aromatic rings. The zero-order valence-electron chi connectivity index (χ0n) is 37.5. The molecular weight excluding hydrogens is 813 g/mol. The Balaban J connectivity index is 0.000000427. The zero-order chi connectivity index (χ0) is 47.6. The maximum absolute atomic E-state index is 12.8. The molecule has 4 rings (SSSR count). The van der Waals surface area contributed by atoms with Crippen LogP contribution in [-0.4, -0.2) is 142 Å². The Morgan fingerprint density at radius 3 is 1.32 bits per heavy atom. The van der Waals surface area contributed by atoms with Gasteiger partial charge in [-0.1, -0.05) is 48.5 Å². The molecule has 0 aromatic heterocycles. The minimum Gasteiger partial charge on any atom is -0.467 e. The summed E-state index contributed by atoms with van der Waals surface area (Å²) in [7, 11) is 11.1. The van der Waals surface area contributed by atoms with Crippen LogP contribution in [-0.2, 0) is 28.7 Å².